The molecule has 1 N–H and O–H groups in total. The van der Waals surface area contributed by atoms with E-state index in [1.54, 1.807) is 15.8 Å². The molecule has 2 aromatic rings. The van der Waals surface area contributed by atoms with Crippen LogP contribution in [0.4, 0.5) is 0 Å². The summed E-state index contributed by atoms with van der Waals surface area (Å²) in [6.07, 6.45) is 9.01. The minimum absolute atomic E-state index is 0.00117. The van der Waals surface area contributed by atoms with Crippen molar-refractivity contribution in [2.24, 2.45) is 5.92 Å². The third-order valence-corrected chi connectivity index (χ3v) is 5.23. The number of hydrogen-bond acceptors (Lipinski definition) is 3. The normalized spacial score (nSPS) is 15.9. The summed E-state index contributed by atoms with van der Waals surface area (Å²) >= 11 is 0. The van der Waals surface area contributed by atoms with E-state index in [1.807, 2.05) is 50.5 Å². The molecule has 0 spiro atoms. The number of amides is 1. The van der Waals surface area contributed by atoms with Gasteiger partial charge in [-0.1, -0.05) is 12.8 Å². The molecular weight excluding hydrogens is 312 g/mol. The maximum atomic E-state index is 12.7. The second kappa shape index (κ2) is 7.64. The van der Waals surface area contributed by atoms with Crippen LogP contribution >= 0.6 is 0 Å². The Bertz CT molecular complexity index is 715. The third kappa shape index (κ3) is 3.98. The number of aromatic nitrogens is 2. The highest BCUT2D eigenvalue weighted by molar-refractivity contribution is 5.95. The summed E-state index contributed by atoms with van der Waals surface area (Å²) < 4.78 is 1.77. The lowest BCUT2D eigenvalue weighted by molar-refractivity contribution is 0.0747. The third-order valence-electron chi connectivity index (χ3n) is 5.23. The van der Waals surface area contributed by atoms with Crippen molar-refractivity contribution in [2.45, 2.75) is 45.1 Å². The first kappa shape index (κ1) is 17.4. The molecule has 0 unspecified atom stereocenters. The molecule has 1 aromatic carbocycles. The van der Waals surface area contributed by atoms with Gasteiger partial charge in [-0.25, -0.2) is 4.68 Å². The van der Waals surface area contributed by atoms with Crippen molar-refractivity contribution in [3.05, 3.63) is 48.3 Å². The van der Waals surface area contributed by atoms with Gasteiger partial charge in [0.2, 0.25) is 0 Å². The van der Waals surface area contributed by atoms with Crippen molar-refractivity contribution >= 4 is 11.6 Å². The van der Waals surface area contributed by atoms with Gasteiger partial charge in [0.05, 0.1) is 5.69 Å². The maximum absolute atomic E-state index is 12.7. The summed E-state index contributed by atoms with van der Waals surface area (Å²) in [5, 5.41) is 12.5. The van der Waals surface area contributed by atoms with Crippen LogP contribution in [0.3, 0.4) is 0 Å². The molecule has 1 aliphatic rings. The van der Waals surface area contributed by atoms with Crippen LogP contribution in [0.25, 0.3) is 5.69 Å². The lowest BCUT2D eigenvalue weighted by atomic mass is 9.96. The molecular formula is C20H26N4O. The average Bonchev–Trinajstić information content (AvgIpc) is 3.33. The molecule has 5 heteroatoms. The van der Waals surface area contributed by atoms with Crippen molar-refractivity contribution in [1.29, 1.82) is 5.41 Å². The van der Waals surface area contributed by atoms with E-state index in [2.05, 4.69) is 5.10 Å². The predicted molar refractivity (Wildman–Crippen MR) is 99.4 cm³/mol. The zero-order chi connectivity index (χ0) is 17.8. The Morgan fingerprint density at radius 2 is 2.00 bits per heavy atom. The molecule has 3 rings (SSSR count). The van der Waals surface area contributed by atoms with Gasteiger partial charge in [0, 0.05) is 43.2 Å². The Kier molecular flexibility index (Phi) is 5.31. The smallest absolute Gasteiger partial charge is 0.253 e. The van der Waals surface area contributed by atoms with Crippen LogP contribution in [0.5, 0.6) is 0 Å². The second-order valence-electron chi connectivity index (χ2n) is 6.97. The Morgan fingerprint density at radius 3 is 2.60 bits per heavy atom. The zero-order valence-corrected chi connectivity index (χ0v) is 15.0. The Labute approximate surface area is 149 Å². The number of rotatable bonds is 6. The van der Waals surface area contributed by atoms with E-state index < -0.39 is 0 Å². The highest BCUT2D eigenvalue weighted by Crippen LogP contribution is 2.27. The Morgan fingerprint density at radius 1 is 1.32 bits per heavy atom. The fraction of sp³-hybridized carbons (Fsp3) is 0.450. The van der Waals surface area contributed by atoms with Crippen molar-refractivity contribution in [2.75, 3.05) is 7.05 Å². The van der Waals surface area contributed by atoms with Gasteiger partial charge in [0.25, 0.3) is 5.91 Å². The van der Waals surface area contributed by atoms with Crippen LogP contribution in [-0.2, 0) is 0 Å². The topological polar surface area (TPSA) is 62.0 Å². The number of benzene rings is 1. The molecule has 5 nitrogen and oxygen atoms in total. The van der Waals surface area contributed by atoms with E-state index in [1.165, 1.54) is 12.8 Å². The number of hydrogen-bond donors (Lipinski definition) is 1. The van der Waals surface area contributed by atoms with Gasteiger partial charge in [0.15, 0.2) is 0 Å². The molecule has 0 radical (unpaired) electrons. The van der Waals surface area contributed by atoms with E-state index in [9.17, 15) is 4.79 Å². The summed E-state index contributed by atoms with van der Waals surface area (Å²) in [4.78, 5) is 14.5. The van der Waals surface area contributed by atoms with E-state index in [-0.39, 0.29) is 11.9 Å². The molecule has 1 aromatic heterocycles. The molecule has 0 saturated heterocycles. The zero-order valence-electron chi connectivity index (χ0n) is 15.0. The maximum Gasteiger partial charge on any atom is 0.253 e. The minimum Gasteiger partial charge on any atom is -0.339 e. The van der Waals surface area contributed by atoms with E-state index in [0.29, 0.717) is 17.9 Å². The molecule has 1 aliphatic carbocycles. The van der Waals surface area contributed by atoms with E-state index >= 15 is 0 Å². The summed E-state index contributed by atoms with van der Waals surface area (Å²) in [5.74, 6) is 0.429. The molecule has 0 aliphatic heterocycles. The number of carbonyl (C=O) groups is 1. The minimum atomic E-state index is -0.00117. The Balaban J connectivity index is 1.62. The fourth-order valence-corrected chi connectivity index (χ4v) is 3.48. The highest BCUT2D eigenvalue weighted by Gasteiger charge is 2.24. The first-order valence-corrected chi connectivity index (χ1v) is 9.01. The van der Waals surface area contributed by atoms with Crippen LogP contribution in [0.15, 0.2) is 42.7 Å². The number of carbonyl (C=O) groups excluding carboxylic acids is 1. The van der Waals surface area contributed by atoms with Gasteiger partial charge in [0.1, 0.15) is 0 Å². The van der Waals surface area contributed by atoms with Gasteiger partial charge < -0.3 is 10.3 Å². The average molecular weight is 338 g/mol. The summed E-state index contributed by atoms with van der Waals surface area (Å²) in [7, 11) is 1.83. The predicted octanol–water partition coefficient (Wildman–Crippen LogP) is 3.93. The molecule has 1 atom stereocenters. The van der Waals surface area contributed by atoms with E-state index in [0.717, 1.165) is 24.2 Å². The molecule has 1 heterocycles. The first-order chi connectivity index (χ1) is 12.1. The fourth-order valence-electron chi connectivity index (χ4n) is 3.48. The largest absolute Gasteiger partial charge is 0.339 e. The van der Waals surface area contributed by atoms with Crippen LogP contribution in [0, 0.1) is 11.3 Å². The lowest BCUT2D eigenvalue weighted by Gasteiger charge is -2.26. The van der Waals surface area contributed by atoms with Gasteiger partial charge in [-0.05, 0) is 56.0 Å². The molecule has 25 heavy (non-hydrogen) atoms. The van der Waals surface area contributed by atoms with Crippen molar-refractivity contribution < 1.29 is 4.79 Å². The SMILES string of the molecule is C[C@H](CC(=N)C1CCCC1)N(C)C(=O)c1ccc(-n2cccn2)cc1. The monoisotopic (exact) mass is 338 g/mol. The summed E-state index contributed by atoms with van der Waals surface area (Å²) in [6.45, 7) is 2.03. The highest BCUT2D eigenvalue weighted by atomic mass is 16.2. The molecule has 1 fully saturated rings. The second-order valence-corrected chi connectivity index (χ2v) is 6.97. The van der Waals surface area contributed by atoms with Gasteiger partial charge in [-0.2, -0.15) is 5.10 Å². The van der Waals surface area contributed by atoms with E-state index in [4.69, 9.17) is 5.41 Å². The number of nitrogens with one attached hydrogen (secondary N) is 1. The Hall–Kier alpha value is -2.43. The van der Waals surface area contributed by atoms with Crippen LogP contribution < -0.4 is 0 Å². The van der Waals surface area contributed by atoms with Gasteiger partial charge >= 0.3 is 0 Å². The lowest BCUT2D eigenvalue weighted by Crippen LogP contribution is -2.37. The van der Waals surface area contributed by atoms with Gasteiger partial charge in [-0.3, -0.25) is 4.79 Å². The molecule has 1 saturated carbocycles. The first-order valence-electron chi connectivity index (χ1n) is 9.01. The van der Waals surface area contributed by atoms with Gasteiger partial charge in [-0.15, -0.1) is 0 Å². The van der Waals surface area contributed by atoms with Crippen molar-refractivity contribution in [3.63, 3.8) is 0 Å². The molecule has 1 amide bonds. The molecule has 132 valence electrons. The van der Waals surface area contributed by atoms with Crippen molar-refractivity contribution in [3.8, 4) is 5.69 Å². The summed E-state index contributed by atoms with van der Waals surface area (Å²) in [5.41, 5.74) is 2.40. The van der Waals surface area contributed by atoms with Crippen LogP contribution in [-0.4, -0.2) is 39.4 Å². The van der Waals surface area contributed by atoms with Crippen LogP contribution in [0.2, 0.25) is 0 Å². The number of nitrogens with zero attached hydrogens (tertiary/aromatic N) is 3. The van der Waals surface area contributed by atoms with Crippen molar-refractivity contribution in [1.82, 2.24) is 14.7 Å². The molecule has 0 bridgehead atoms. The quantitative estimate of drug-likeness (QED) is 0.811. The van der Waals surface area contributed by atoms with Crippen LogP contribution in [0.1, 0.15) is 49.4 Å². The standard InChI is InChI=1S/C20H26N4O/c1-15(14-19(21)16-6-3-4-7-16)23(2)20(25)17-8-10-18(11-9-17)24-13-5-12-22-24/h5,8-13,15-16,21H,3-4,6-7,14H2,1-2H3/t15-/m1/s1. The summed E-state index contributed by atoms with van der Waals surface area (Å²) in [6, 6.07) is 9.38.